The van der Waals surface area contributed by atoms with Crippen LogP contribution in [-0.4, -0.2) is 16.8 Å². The van der Waals surface area contributed by atoms with E-state index in [9.17, 15) is 9.59 Å². The molecule has 0 aliphatic heterocycles. The zero-order valence-corrected chi connectivity index (χ0v) is 17.1. The number of aromatic nitrogens is 1. The second-order valence-electron chi connectivity index (χ2n) is 6.25. The number of aryl methyl sites for hydroxylation is 2. The second-order valence-corrected chi connectivity index (χ2v) is 8.62. The number of benzene rings is 1. The third-order valence-electron chi connectivity index (χ3n) is 4.06. The van der Waals surface area contributed by atoms with E-state index in [0.29, 0.717) is 18.1 Å². The van der Waals surface area contributed by atoms with E-state index in [-0.39, 0.29) is 11.8 Å². The van der Waals surface area contributed by atoms with Crippen LogP contribution in [0.2, 0.25) is 0 Å². The van der Waals surface area contributed by atoms with E-state index in [1.807, 2.05) is 50.2 Å². The monoisotopic (exact) mass is 399 g/mol. The van der Waals surface area contributed by atoms with Crippen LogP contribution in [0.15, 0.2) is 36.4 Å². The first-order valence-corrected chi connectivity index (χ1v) is 10.2. The first kappa shape index (κ1) is 19.3. The van der Waals surface area contributed by atoms with Crippen LogP contribution in [-0.2, 0) is 22.6 Å². The maximum atomic E-state index is 12.4. The Bertz CT molecular complexity index is 975. The minimum absolute atomic E-state index is 0.0477. The summed E-state index contributed by atoms with van der Waals surface area (Å²) in [6.45, 7) is 6.02. The maximum absolute atomic E-state index is 12.4. The van der Waals surface area contributed by atoms with E-state index in [1.54, 1.807) is 11.3 Å². The van der Waals surface area contributed by atoms with Gasteiger partial charge in [0.15, 0.2) is 5.13 Å². The molecule has 0 spiro atoms. The third kappa shape index (κ3) is 5.02. The highest BCUT2D eigenvalue weighted by molar-refractivity contribution is 7.18. The molecule has 2 amide bonds. The molecule has 140 valence electrons. The highest BCUT2D eigenvalue weighted by Gasteiger charge is 2.14. The SMILES string of the molecule is CC(=O)NCc1ccc(-c2nc(NC(=O)Cc3ccccc3C)sc2C)s1. The lowest BCUT2D eigenvalue weighted by molar-refractivity contribution is -0.119. The minimum atomic E-state index is -0.0675. The molecule has 27 heavy (non-hydrogen) atoms. The van der Waals surface area contributed by atoms with Gasteiger partial charge in [-0.15, -0.1) is 22.7 Å². The van der Waals surface area contributed by atoms with E-state index in [0.717, 1.165) is 31.5 Å². The van der Waals surface area contributed by atoms with E-state index < -0.39 is 0 Å². The lowest BCUT2D eigenvalue weighted by Crippen LogP contribution is -2.17. The Morgan fingerprint density at radius 3 is 2.59 bits per heavy atom. The van der Waals surface area contributed by atoms with Crippen molar-refractivity contribution in [3.63, 3.8) is 0 Å². The highest BCUT2D eigenvalue weighted by atomic mass is 32.1. The van der Waals surface area contributed by atoms with E-state index in [4.69, 9.17) is 0 Å². The average molecular weight is 400 g/mol. The van der Waals surface area contributed by atoms with Crippen molar-refractivity contribution in [3.05, 3.63) is 57.3 Å². The Morgan fingerprint density at radius 2 is 1.85 bits per heavy atom. The third-order valence-corrected chi connectivity index (χ3v) is 6.04. The summed E-state index contributed by atoms with van der Waals surface area (Å²) in [4.78, 5) is 31.2. The van der Waals surface area contributed by atoms with Crippen molar-refractivity contribution in [3.8, 4) is 10.6 Å². The zero-order valence-electron chi connectivity index (χ0n) is 15.5. The summed E-state index contributed by atoms with van der Waals surface area (Å²) < 4.78 is 0. The molecule has 0 aliphatic carbocycles. The van der Waals surface area contributed by atoms with Gasteiger partial charge in [-0.05, 0) is 37.1 Å². The van der Waals surface area contributed by atoms with E-state index in [1.165, 1.54) is 18.3 Å². The number of amides is 2. The standard InChI is InChI=1S/C20H21N3O2S2/c1-12-6-4-5-7-15(12)10-18(25)22-20-23-19(13(2)26-20)17-9-8-16(27-17)11-21-14(3)24/h4-9H,10-11H2,1-3H3,(H,21,24)(H,22,23,25). The van der Waals surface area contributed by atoms with Crippen LogP contribution in [0, 0.1) is 13.8 Å². The Morgan fingerprint density at radius 1 is 1.07 bits per heavy atom. The van der Waals surface area contributed by atoms with Gasteiger partial charge >= 0.3 is 0 Å². The number of thiazole rings is 1. The summed E-state index contributed by atoms with van der Waals surface area (Å²) in [5.41, 5.74) is 3.00. The fraction of sp³-hybridized carbons (Fsp3) is 0.250. The van der Waals surface area contributed by atoms with Gasteiger partial charge in [-0.25, -0.2) is 4.98 Å². The van der Waals surface area contributed by atoms with Crippen LogP contribution < -0.4 is 10.6 Å². The van der Waals surface area contributed by atoms with Crippen molar-refractivity contribution >= 4 is 39.6 Å². The number of carbonyl (C=O) groups excluding carboxylic acids is 2. The molecule has 0 atom stereocenters. The average Bonchev–Trinajstić information content (AvgIpc) is 3.21. The van der Waals surface area contributed by atoms with E-state index >= 15 is 0 Å². The molecule has 0 saturated heterocycles. The molecule has 0 aliphatic rings. The quantitative estimate of drug-likeness (QED) is 0.649. The summed E-state index contributed by atoms with van der Waals surface area (Å²) >= 11 is 3.07. The van der Waals surface area contributed by atoms with E-state index in [2.05, 4.69) is 15.6 Å². The molecule has 0 fully saturated rings. The Balaban J connectivity index is 1.68. The molecule has 0 unspecified atom stereocenters. The van der Waals surface area contributed by atoms with Gasteiger partial charge in [0, 0.05) is 16.7 Å². The maximum Gasteiger partial charge on any atom is 0.230 e. The zero-order chi connectivity index (χ0) is 19.4. The summed E-state index contributed by atoms with van der Waals surface area (Å²) in [6, 6.07) is 11.9. The molecule has 0 bridgehead atoms. The van der Waals surface area contributed by atoms with Crippen LogP contribution in [0.3, 0.4) is 0 Å². The smallest absolute Gasteiger partial charge is 0.230 e. The second kappa shape index (κ2) is 8.45. The molecule has 2 heterocycles. The molecule has 3 aromatic rings. The number of rotatable bonds is 6. The van der Waals surface area contributed by atoms with Gasteiger partial charge in [-0.1, -0.05) is 24.3 Å². The number of thiophene rings is 1. The van der Waals surface area contributed by atoms with Crippen molar-refractivity contribution in [2.45, 2.75) is 33.7 Å². The Hall–Kier alpha value is -2.51. The topological polar surface area (TPSA) is 71.1 Å². The molecule has 2 aromatic heterocycles. The van der Waals surface area contributed by atoms with Crippen LogP contribution >= 0.6 is 22.7 Å². The number of nitrogens with zero attached hydrogens (tertiary/aromatic N) is 1. The molecular weight excluding hydrogens is 378 g/mol. The van der Waals surface area contributed by atoms with Crippen molar-refractivity contribution in [1.29, 1.82) is 0 Å². The first-order chi connectivity index (χ1) is 12.9. The fourth-order valence-electron chi connectivity index (χ4n) is 2.64. The summed E-state index contributed by atoms with van der Waals surface area (Å²) in [5.74, 6) is -0.115. The van der Waals surface area contributed by atoms with Gasteiger partial charge in [-0.3, -0.25) is 9.59 Å². The number of carbonyl (C=O) groups is 2. The van der Waals surface area contributed by atoms with Crippen LogP contribution in [0.5, 0.6) is 0 Å². The van der Waals surface area contributed by atoms with Crippen molar-refractivity contribution in [2.75, 3.05) is 5.32 Å². The summed E-state index contributed by atoms with van der Waals surface area (Å²) in [7, 11) is 0. The van der Waals surface area contributed by atoms with Gasteiger partial charge in [0.05, 0.1) is 23.5 Å². The molecule has 5 nitrogen and oxygen atoms in total. The Kier molecular flexibility index (Phi) is 6.03. The van der Waals surface area contributed by atoms with Gasteiger partial charge in [0.1, 0.15) is 0 Å². The van der Waals surface area contributed by atoms with Gasteiger partial charge in [-0.2, -0.15) is 0 Å². The molecule has 0 radical (unpaired) electrons. The predicted molar refractivity (Wildman–Crippen MR) is 111 cm³/mol. The fourth-order valence-corrected chi connectivity index (χ4v) is 4.54. The number of nitrogens with one attached hydrogen (secondary N) is 2. The summed E-state index contributed by atoms with van der Waals surface area (Å²) in [6.07, 6.45) is 0.334. The molecule has 0 saturated carbocycles. The van der Waals surface area contributed by atoms with Crippen molar-refractivity contribution in [1.82, 2.24) is 10.3 Å². The van der Waals surface area contributed by atoms with Gasteiger partial charge < -0.3 is 10.6 Å². The molecule has 3 rings (SSSR count). The molecule has 7 heteroatoms. The minimum Gasteiger partial charge on any atom is -0.351 e. The predicted octanol–water partition coefficient (Wildman–Crippen LogP) is 4.31. The highest BCUT2D eigenvalue weighted by Crippen LogP contribution is 2.34. The lowest BCUT2D eigenvalue weighted by atomic mass is 10.1. The van der Waals surface area contributed by atoms with Crippen LogP contribution in [0.1, 0.15) is 27.8 Å². The molecular formula is C20H21N3O2S2. The largest absolute Gasteiger partial charge is 0.351 e. The van der Waals surface area contributed by atoms with Gasteiger partial charge in [0.2, 0.25) is 11.8 Å². The van der Waals surface area contributed by atoms with Crippen molar-refractivity contribution < 1.29 is 9.59 Å². The number of anilines is 1. The van der Waals surface area contributed by atoms with Crippen LogP contribution in [0.4, 0.5) is 5.13 Å². The first-order valence-electron chi connectivity index (χ1n) is 8.57. The lowest BCUT2D eigenvalue weighted by Gasteiger charge is -2.05. The van der Waals surface area contributed by atoms with Crippen LogP contribution in [0.25, 0.3) is 10.6 Å². The molecule has 1 aromatic carbocycles. The number of hydrogen-bond acceptors (Lipinski definition) is 5. The molecule has 2 N–H and O–H groups in total. The Labute approximate surface area is 166 Å². The van der Waals surface area contributed by atoms with Gasteiger partial charge in [0.25, 0.3) is 0 Å². The summed E-state index contributed by atoms with van der Waals surface area (Å²) in [5, 5.41) is 6.32. The van der Waals surface area contributed by atoms with Crippen molar-refractivity contribution in [2.24, 2.45) is 0 Å². The normalized spacial score (nSPS) is 10.6. The number of hydrogen-bond donors (Lipinski definition) is 2.